The third-order valence-electron chi connectivity index (χ3n) is 2.04. The normalized spacial score (nSPS) is 10.1. The SMILES string of the molecule is CSc1c(C)ccc(C(=O)O)c1C. The summed E-state index contributed by atoms with van der Waals surface area (Å²) in [4.78, 5) is 11.9. The van der Waals surface area contributed by atoms with Crippen LogP contribution >= 0.6 is 11.8 Å². The Bertz CT molecular complexity index is 345. The molecule has 1 aromatic carbocycles. The molecule has 0 heterocycles. The summed E-state index contributed by atoms with van der Waals surface area (Å²) in [5.74, 6) is -0.854. The molecule has 1 N–H and O–H groups in total. The number of hydrogen-bond donors (Lipinski definition) is 1. The number of hydrogen-bond acceptors (Lipinski definition) is 2. The first-order chi connectivity index (χ1) is 6.07. The number of carboxylic acids is 1. The third-order valence-corrected chi connectivity index (χ3v) is 3.07. The van der Waals surface area contributed by atoms with Crippen LogP contribution in [0.3, 0.4) is 0 Å². The van der Waals surface area contributed by atoms with Crippen LogP contribution in [-0.4, -0.2) is 17.3 Å². The molecule has 13 heavy (non-hydrogen) atoms. The van der Waals surface area contributed by atoms with Crippen LogP contribution < -0.4 is 0 Å². The van der Waals surface area contributed by atoms with Gasteiger partial charge in [-0.2, -0.15) is 0 Å². The summed E-state index contributed by atoms with van der Waals surface area (Å²) in [5.41, 5.74) is 2.39. The van der Waals surface area contributed by atoms with Crippen molar-refractivity contribution in [3.8, 4) is 0 Å². The number of rotatable bonds is 2. The lowest BCUT2D eigenvalue weighted by atomic mass is 10.1. The summed E-state index contributed by atoms with van der Waals surface area (Å²) in [6.07, 6.45) is 1.96. The topological polar surface area (TPSA) is 37.3 Å². The van der Waals surface area contributed by atoms with Gasteiger partial charge in [-0.25, -0.2) is 4.79 Å². The first-order valence-corrected chi connectivity index (χ1v) is 5.18. The first-order valence-electron chi connectivity index (χ1n) is 3.95. The standard InChI is InChI=1S/C10H12O2S/c1-6-4-5-8(10(11)12)7(2)9(6)13-3/h4-5H,1-3H3,(H,11,12). The molecule has 1 aromatic rings. The van der Waals surface area contributed by atoms with Crippen molar-refractivity contribution in [2.24, 2.45) is 0 Å². The number of aryl methyl sites for hydroxylation is 1. The fourth-order valence-electron chi connectivity index (χ4n) is 1.37. The highest BCUT2D eigenvalue weighted by atomic mass is 32.2. The highest BCUT2D eigenvalue weighted by molar-refractivity contribution is 7.98. The maximum atomic E-state index is 10.8. The van der Waals surface area contributed by atoms with E-state index in [1.165, 1.54) is 0 Å². The quantitative estimate of drug-likeness (QED) is 0.739. The van der Waals surface area contributed by atoms with E-state index < -0.39 is 5.97 Å². The molecule has 0 aliphatic carbocycles. The Labute approximate surface area is 82.0 Å². The van der Waals surface area contributed by atoms with E-state index in [0.29, 0.717) is 5.56 Å². The lowest BCUT2D eigenvalue weighted by molar-refractivity contribution is 0.0696. The second kappa shape index (κ2) is 3.83. The molecule has 0 aliphatic heterocycles. The third kappa shape index (κ3) is 1.86. The molecule has 0 amide bonds. The number of carbonyl (C=O) groups is 1. The molecule has 0 fully saturated rings. The van der Waals surface area contributed by atoms with Crippen molar-refractivity contribution >= 4 is 17.7 Å². The lowest BCUT2D eigenvalue weighted by Gasteiger charge is -2.08. The van der Waals surface area contributed by atoms with Gasteiger partial charge in [-0.15, -0.1) is 11.8 Å². The Balaban J connectivity index is 3.35. The number of aromatic carboxylic acids is 1. The van der Waals surface area contributed by atoms with Crippen molar-refractivity contribution in [2.45, 2.75) is 18.7 Å². The van der Waals surface area contributed by atoms with Gasteiger partial charge in [0, 0.05) is 4.90 Å². The van der Waals surface area contributed by atoms with Crippen molar-refractivity contribution < 1.29 is 9.90 Å². The summed E-state index contributed by atoms with van der Waals surface area (Å²) in [6.45, 7) is 3.84. The Morgan fingerprint density at radius 1 is 1.38 bits per heavy atom. The van der Waals surface area contributed by atoms with Crippen LogP contribution in [-0.2, 0) is 0 Å². The van der Waals surface area contributed by atoms with E-state index in [2.05, 4.69) is 0 Å². The zero-order valence-corrected chi connectivity index (χ0v) is 8.73. The van der Waals surface area contributed by atoms with Crippen molar-refractivity contribution in [3.05, 3.63) is 28.8 Å². The molecule has 70 valence electrons. The zero-order chi connectivity index (χ0) is 10.0. The predicted molar refractivity (Wildman–Crippen MR) is 54.7 cm³/mol. The monoisotopic (exact) mass is 196 g/mol. The smallest absolute Gasteiger partial charge is 0.335 e. The highest BCUT2D eigenvalue weighted by Gasteiger charge is 2.11. The zero-order valence-electron chi connectivity index (χ0n) is 7.92. The van der Waals surface area contributed by atoms with Gasteiger partial charge in [0.1, 0.15) is 0 Å². The molecule has 0 radical (unpaired) electrons. The average molecular weight is 196 g/mol. The van der Waals surface area contributed by atoms with Crippen molar-refractivity contribution in [3.63, 3.8) is 0 Å². The van der Waals surface area contributed by atoms with Gasteiger partial charge in [0.25, 0.3) is 0 Å². The summed E-state index contributed by atoms with van der Waals surface area (Å²) in [7, 11) is 0. The van der Waals surface area contributed by atoms with Crippen LogP contribution in [0.4, 0.5) is 0 Å². The lowest BCUT2D eigenvalue weighted by Crippen LogP contribution is -2.01. The van der Waals surface area contributed by atoms with Crippen LogP contribution in [0.15, 0.2) is 17.0 Å². The molecule has 0 aromatic heterocycles. The Morgan fingerprint density at radius 3 is 2.46 bits per heavy atom. The molecule has 2 nitrogen and oxygen atoms in total. The van der Waals surface area contributed by atoms with E-state index in [0.717, 1.165) is 16.0 Å². The molecule has 0 bridgehead atoms. The molecule has 0 unspecified atom stereocenters. The van der Waals surface area contributed by atoms with Gasteiger partial charge in [0.05, 0.1) is 5.56 Å². The maximum absolute atomic E-state index is 10.8. The minimum Gasteiger partial charge on any atom is -0.478 e. The molecule has 0 atom stereocenters. The van der Waals surface area contributed by atoms with Gasteiger partial charge in [-0.3, -0.25) is 0 Å². The van der Waals surface area contributed by atoms with Crippen LogP contribution in [0.25, 0.3) is 0 Å². The minimum atomic E-state index is -0.854. The van der Waals surface area contributed by atoms with Gasteiger partial charge >= 0.3 is 5.97 Å². The van der Waals surface area contributed by atoms with Gasteiger partial charge in [0.2, 0.25) is 0 Å². The largest absolute Gasteiger partial charge is 0.478 e. The molecular formula is C10H12O2S. The average Bonchev–Trinajstić information content (AvgIpc) is 2.04. The Morgan fingerprint density at radius 2 is 2.00 bits per heavy atom. The maximum Gasteiger partial charge on any atom is 0.335 e. The fraction of sp³-hybridized carbons (Fsp3) is 0.300. The summed E-state index contributed by atoms with van der Waals surface area (Å²) < 4.78 is 0. The minimum absolute atomic E-state index is 0.398. The summed E-state index contributed by atoms with van der Waals surface area (Å²) in [5, 5.41) is 8.87. The molecule has 0 aliphatic rings. The number of carboxylic acid groups (broad SMARTS) is 1. The summed E-state index contributed by atoms with van der Waals surface area (Å²) >= 11 is 1.59. The van der Waals surface area contributed by atoms with Crippen LogP contribution in [0, 0.1) is 13.8 Å². The van der Waals surface area contributed by atoms with E-state index in [9.17, 15) is 4.79 Å². The molecule has 0 spiro atoms. The number of benzene rings is 1. The first kappa shape index (κ1) is 10.1. The Kier molecular flexibility index (Phi) is 2.98. The molecule has 1 rings (SSSR count). The number of thioether (sulfide) groups is 1. The van der Waals surface area contributed by atoms with Crippen molar-refractivity contribution in [1.82, 2.24) is 0 Å². The summed E-state index contributed by atoms with van der Waals surface area (Å²) in [6, 6.07) is 3.51. The molecule has 0 saturated carbocycles. The van der Waals surface area contributed by atoms with Crippen molar-refractivity contribution in [2.75, 3.05) is 6.26 Å². The predicted octanol–water partition coefficient (Wildman–Crippen LogP) is 2.72. The van der Waals surface area contributed by atoms with E-state index in [-0.39, 0.29) is 0 Å². The van der Waals surface area contributed by atoms with Gasteiger partial charge in [0.15, 0.2) is 0 Å². The van der Waals surface area contributed by atoms with E-state index >= 15 is 0 Å². The van der Waals surface area contributed by atoms with E-state index in [4.69, 9.17) is 5.11 Å². The van der Waals surface area contributed by atoms with Crippen LogP contribution in [0.5, 0.6) is 0 Å². The van der Waals surface area contributed by atoms with Crippen molar-refractivity contribution in [1.29, 1.82) is 0 Å². The van der Waals surface area contributed by atoms with Crippen LogP contribution in [0.1, 0.15) is 21.5 Å². The molecular weight excluding hydrogens is 184 g/mol. The second-order valence-corrected chi connectivity index (χ2v) is 3.71. The van der Waals surface area contributed by atoms with Gasteiger partial charge in [-0.05, 0) is 37.3 Å². The van der Waals surface area contributed by atoms with E-state index in [1.807, 2.05) is 26.2 Å². The van der Waals surface area contributed by atoms with Gasteiger partial charge in [-0.1, -0.05) is 6.07 Å². The Hall–Kier alpha value is -0.960. The molecule has 3 heteroatoms. The second-order valence-electron chi connectivity index (χ2n) is 2.89. The van der Waals surface area contributed by atoms with E-state index in [1.54, 1.807) is 17.8 Å². The highest BCUT2D eigenvalue weighted by Crippen LogP contribution is 2.26. The van der Waals surface area contributed by atoms with Crippen LogP contribution in [0.2, 0.25) is 0 Å². The van der Waals surface area contributed by atoms with Gasteiger partial charge < -0.3 is 5.11 Å². The molecule has 0 saturated heterocycles. The fourth-order valence-corrected chi connectivity index (χ4v) is 2.18.